The third-order valence-corrected chi connectivity index (χ3v) is 5.44. The van der Waals surface area contributed by atoms with Crippen LogP contribution in [-0.2, 0) is 12.8 Å². The number of hydrogen-bond acceptors (Lipinski definition) is 4. The van der Waals surface area contributed by atoms with Gasteiger partial charge in [-0.2, -0.15) is 0 Å². The van der Waals surface area contributed by atoms with Gasteiger partial charge in [-0.25, -0.2) is 9.98 Å². The Morgan fingerprint density at radius 2 is 2.15 bits per heavy atom. The van der Waals surface area contributed by atoms with Crippen molar-refractivity contribution in [3.63, 3.8) is 0 Å². The fourth-order valence-electron chi connectivity index (χ4n) is 3.09. The van der Waals surface area contributed by atoms with Crippen LogP contribution in [0.1, 0.15) is 30.2 Å². The van der Waals surface area contributed by atoms with E-state index in [1.165, 1.54) is 11.1 Å². The van der Waals surface area contributed by atoms with Crippen molar-refractivity contribution < 1.29 is 9.47 Å². The maximum atomic E-state index is 6.24. The molecule has 27 heavy (non-hydrogen) atoms. The predicted molar refractivity (Wildman–Crippen MR) is 113 cm³/mol. The minimum atomic E-state index is 0.105. The standard InChI is InChI=1S/C21H26BrN3O2/c1-5-25(3)13-23-20-12-19(22)21(24-14(20)2)27-18-9-7-15-6-8-17(26-4)10-16(15)11-18/h6,8,10,12-13,18H,5,7,9,11H2,1-4H3. The van der Waals surface area contributed by atoms with Crippen molar-refractivity contribution >= 4 is 28.0 Å². The first-order valence-corrected chi connectivity index (χ1v) is 10.0. The smallest absolute Gasteiger partial charge is 0.228 e. The van der Waals surface area contributed by atoms with E-state index >= 15 is 0 Å². The topological polar surface area (TPSA) is 47.0 Å². The first-order chi connectivity index (χ1) is 13.0. The quantitative estimate of drug-likeness (QED) is 0.490. The van der Waals surface area contributed by atoms with Crippen LogP contribution in [0.15, 0.2) is 33.7 Å². The van der Waals surface area contributed by atoms with E-state index in [0.29, 0.717) is 5.88 Å². The van der Waals surface area contributed by atoms with Gasteiger partial charge in [0.25, 0.3) is 0 Å². The van der Waals surface area contributed by atoms with Crippen LogP contribution in [0.2, 0.25) is 0 Å². The first kappa shape index (κ1) is 19.7. The number of halogens is 1. The van der Waals surface area contributed by atoms with Crippen LogP contribution in [0.5, 0.6) is 11.6 Å². The lowest BCUT2D eigenvalue weighted by molar-refractivity contribution is 0.175. The summed E-state index contributed by atoms with van der Waals surface area (Å²) < 4.78 is 12.4. The van der Waals surface area contributed by atoms with Crippen LogP contribution in [0.25, 0.3) is 0 Å². The van der Waals surface area contributed by atoms with E-state index in [1.807, 2.05) is 37.3 Å². The van der Waals surface area contributed by atoms with E-state index in [9.17, 15) is 0 Å². The molecule has 2 aromatic rings. The van der Waals surface area contributed by atoms with Gasteiger partial charge in [-0.1, -0.05) is 6.07 Å². The van der Waals surface area contributed by atoms with E-state index in [0.717, 1.165) is 47.4 Å². The number of fused-ring (bicyclic) bond motifs is 1. The monoisotopic (exact) mass is 431 g/mol. The molecule has 0 amide bonds. The second-order valence-corrected chi connectivity index (χ2v) is 7.67. The van der Waals surface area contributed by atoms with Crippen LogP contribution >= 0.6 is 15.9 Å². The molecule has 1 unspecified atom stereocenters. The lowest BCUT2D eigenvalue weighted by Gasteiger charge is -2.26. The summed E-state index contributed by atoms with van der Waals surface area (Å²) >= 11 is 3.59. The summed E-state index contributed by atoms with van der Waals surface area (Å²) in [5.74, 6) is 1.52. The lowest BCUT2D eigenvalue weighted by Crippen LogP contribution is -2.26. The number of benzene rings is 1. The zero-order valence-corrected chi connectivity index (χ0v) is 17.9. The fraction of sp³-hybridized carbons (Fsp3) is 0.429. The number of methoxy groups -OCH3 is 1. The third kappa shape index (κ3) is 4.80. The highest BCUT2D eigenvalue weighted by molar-refractivity contribution is 9.10. The molecule has 0 spiro atoms. The van der Waals surface area contributed by atoms with Crippen LogP contribution in [-0.4, -0.2) is 43.0 Å². The minimum absolute atomic E-state index is 0.105. The average molecular weight is 432 g/mol. The van der Waals surface area contributed by atoms with Crippen LogP contribution in [0.3, 0.4) is 0 Å². The first-order valence-electron chi connectivity index (χ1n) is 9.24. The van der Waals surface area contributed by atoms with Gasteiger partial charge in [-0.05, 0) is 71.9 Å². The molecule has 1 aliphatic rings. The Bertz CT molecular complexity index is 838. The number of rotatable bonds is 6. The molecular formula is C21H26BrN3O2. The second kappa shape index (κ2) is 8.74. The molecule has 0 saturated carbocycles. The van der Waals surface area contributed by atoms with Crippen molar-refractivity contribution in [2.45, 2.75) is 39.2 Å². The predicted octanol–water partition coefficient (Wildman–Crippen LogP) is 4.71. The van der Waals surface area contributed by atoms with Crippen molar-refractivity contribution in [2.24, 2.45) is 4.99 Å². The zero-order valence-electron chi connectivity index (χ0n) is 16.3. The number of nitrogens with zero attached hydrogens (tertiary/aromatic N) is 3. The minimum Gasteiger partial charge on any atom is -0.497 e. The molecule has 1 heterocycles. The molecule has 3 rings (SSSR count). The van der Waals surface area contributed by atoms with E-state index < -0.39 is 0 Å². The van der Waals surface area contributed by atoms with Crippen molar-refractivity contribution in [2.75, 3.05) is 20.7 Å². The van der Waals surface area contributed by atoms with Gasteiger partial charge >= 0.3 is 0 Å². The Balaban J connectivity index is 1.74. The van der Waals surface area contributed by atoms with Crippen LogP contribution < -0.4 is 9.47 Å². The molecule has 1 aromatic carbocycles. The van der Waals surface area contributed by atoms with Gasteiger partial charge in [0.2, 0.25) is 5.88 Å². The normalized spacial score (nSPS) is 16.3. The Hall–Kier alpha value is -2.08. The van der Waals surface area contributed by atoms with Gasteiger partial charge in [-0.3, -0.25) is 0 Å². The average Bonchev–Trinajstić information content (AvgIpc) is 2.68. The molecule has 6 heteroatoms. The summed E-state index contributed by atoms with van der Waals surface area (Å²) in [6.45, 7) is 4.95. The molecule has 1 atom stereocenters. The van der Waals surface area contributed by atoms with Crippen LogP contribution in [0.4, 0.5) is 5.69 Å². The molecule has 0 radical (unpaired) electrons. The van der Waals surface area contributed by atoms with Gasteiger partial charge in [0.15, 0.2) is 0 Å². The molecular weight excluding hydrogens is 406 g/mol. The van der Waals surface area contributed by atoms with Gasteiger partial charge in [-0.15, -0.1) is 0 Å². The summed E-state index contributed by atoms with van der Waals surface area (Å²) in [5.41, 5.74) is 4.37. The molecule has 1 aromatic heterocycles. The highest BCUT2D eigenvalue weighted by Crippen LogP contribution is 2.33. The Morgan fingerprint density at radius 3 is 2.89 bits per heavy atom. The Labute approximate surface area is 169 Å². The Kier molecular flexibility index (Phi) is 6.37. The molecule has 0 saturated heterocycles. The zero-order chi connectivity index (χ0) is 19.4. The van der Waals surface area contributed by atoms with Gasteiger partial charge in [0, 0.05) is 20.0 Å². The third-order valence-electron chi connectivity index (χ3n) is 4.88. The number of pyridine rings is 1. The van der Waals surface area contributed by atoms with Crippen molar-refractivity contribution in [3.8, 4) is 11.6 Å². The maximum absolute atomic E-state index is 6.24. The number of aliphatic imine (C=N–C) groups is 1. The molecule has 0 fully saturated rings. The molecule has 0 aliphatic heterocycles. The van der Waals surface area contributed by atoms with Crippen molar-refractivity contribution in [3.05, 3.63) is 45.6 Å². The molecule has 0 N–H and O–H groups in total. The number of ether oxygens (including phenoxy) is 2. The van der Waals surface area contributed by atoms with Gasteiger partial charge in [0.1, 0.15) is 11.9 Å². The highest BCUT2D eigenvalue weighted by atomic mass is 79.9. The van der Waals surface area contributed by atoms with Crippen LogP contribution in [0, 0.1) is 6.92 Å². The van der Waals surface area contributed by atoms with Crippen molar-refractivity contribution in [1.82, 2.24) is 9.88 Å². The van der Waals surface area contributed by atoms with E-state index in [-0.39, 0.29) is 6.10 Å². The SMILES string of the molecule is CCN(C)C=Nc1cc(Br)c(OC2CCc3ccc(OC)cc3C2)nc1C. The number of aromatic nitrogens is 1. The largest absolute Gasteiger partial charge is 0.497 e. The lowest BCUT2D eigenvalue weighted by atomic mass is 9.89. The summed E-state index contributed by atoms with van der Waals surface area (Å²) in [6.07, 6.45) is 4.77. The van der Waals surface area contributed by atoms with E-state index in [2.05, 4.69) is 45.0 Å². The summed E-state index contributed by atoms with van der Waals surface area (Å²) in [4.78, 5) is 11.2. The molecule has 5 nitrogen and oxygen atoms in total. The Morgan fingerprint density at radius 1 is 1.33 bits per heavy atom. The van der Waals surface area contributed by atoms with Gasteiger partial charge in [0.05, 0.1) is 29.3 Å². The molecule has 0 bridgehead atoms. The molecule has 1 aliphatic carbocycles. The fourth-order valence-corrected chi connectivity index (χ4v) is 3.49. The van der Waals surface area contributed by atoms with Crippen molar-refractivity contribution in [1.29, 1.82) is 0 Å². The maximum Gasteiger partial charge on any atom is 0.228 e. The second-order valence-electron chi connectivity index (χ2n) is 6.81. The number of hydrogen-bond donors (Lipinski definition) is 0. The summed E-state index contributed by atoms with van der Waals surface area (Å²) in [5, 5.41) is 0. The molecule has 144 valence electrons. The highest BCUT2D eigenvalue weighted by Gasteiger charge is 2.22. The number of aryl methyl sites for hydroxylation is 2. The van der Waals surface area contributed by atoms with E-state index in [4.69, 9.17) is 9.47 Å². The summed E-state index contributed by atoms with van der Waals surface area (Å²) in [7, 11) is 3.69. The van der Waals surface area contributed by atoms with Gasteiger partial charge < -0.3 is 14.4 Å². The summed E-state index contributed by atoms with van der Waals surface area (Å²) in [6, 6.07) is 8.26. The van der Waals surface area contributed by atoms with E-state index in [1.54, 1.807) is 7.11 Å².